The molecule has 0 unspecified atom stereocenters. The molecule has 4 heterocycles. The molecular weight excluding hydrogens is 568 g/mol. The number of pyridine rings is 1. The van der Waals surface area contributed by atoms with Crippen molar-refractivity contribution in [2.75, 3.05) is 67.1 Å². The molecular formula is C31H40N6O7. The van der Waals surface area contributed by atoms with E-state index in [1.54, 1.807) is 34.9 Å². The summed E-state index contributed by atoms with van der Waals surface area (Å²) in [5.74, 6) is -0.0136. The van der Waals surface area contributed by atoms with Crippen molar-refractivity contribution in [3.05, 3.63) is 53.9 Å². The molecule has 44 heavy (non-hydrogen) atoms. The number of ether oxygens (including phenoxy) is 3. The van der Waals surface area contributed by atoms with E-state index in [1.807, 2.05) is 24.3 Å². The van der Waals surface area contributed by atoms with Gasteiger partial charge in [0.15, 0.2) is 0 Å². The van der Waals surface area contributed by atoms with Gasteiger partial charge in [-0.3, -0.25) is 19.4 Å². The Morgan fingerprint density at radius 1 is 1.07 bits per heavy atom. The molecule has 0 saturated carbocycles. The summed E-state index contributed by atoms with van der Waals surface area (Å²) >= 11 is 0. The number of hydrogen-bond acceptors (Lipinski definition) is 8. The summed E-state index contributed by atoms with van der Waals surface area (Å²) in [4.78, 5) is 63.4. The lowest BCUT2D eigenvalue weighted by atomic mass is 9.95. The molecule has 3 aliphatic heterocycles. The van der Waals surface area contributed by atoms with Crippen molar-refractivity contribution >= 4 is 23.8 Å². The van der Waals surface area contributed by atoms with Crippen LogP contribution >= 0.6 is 0 Å². The molecule has 1 aromatic heterocycles. The first kappa shape index (κ1) is 31.2. The molecule has 2 fully saturated rings. The summed E-state index contributed by atoms with van der Waals surface area (Å²) in [5.41, 5.74) is 1.14. The lowest BCUT2D eigenvalue weighted by Crippen LogP contribution is -2.49. The van der Waals surface area contributed by atoms with Gasteiger partial charge >= 0.3 is 6.03 Å². The molecule has 4 bridgehead atoms. The van der Waals surface area contributed by atoms with E-state index in [0.29, 0.717) is 44.0 Å². The molecule has 2 saturated heterocycles. The molecule has 13 heteroatoms. The topological polar surface area (TPSA) is 134 Å². The van der Waals surface area contributed by atoms with Crippen LogP contribution in [-0.4, -0.2) is 128 Å². The van der Waals surface area contributed by atoms with Crippen LogP contribution < -0.4 is 10.1 Å². The molecule has 236 valence electrons. The van der Waals surface area contributed by atoms with E-state index in [4.69, 9.17) is 14.2 Å². The van der Waals surface area contributed by atoms with Gasteiger partial charge in [-0.25, -0.2) is 4.79 Å². The first-order chi connectivity index (χ1) is 21.2. The van der Waals surface area contributed by atoms with E-state index in [1.165, 1.54) is 24.4 Å². The number of methoxy groups -OCH3 is 1. The number of benzene rings is 1. The maximum absolute atomic E-state index is 13.6. The number of aromatic nitrogens is 1. The van der Waals surface area contributed by atoms with Crippen molar-refractivity contribution in [3.8, 4) is 11.5 Å². The second kappa shape index (κ2) is 14.0. The van der Waals surface area contributed by atoms with Crippen LogP contribution in [-0.2, 0) is 25.7 Å². The predicted molar refractivity (Wildman–Crippen MR) is 159 cm³/mol. The van der Waals surface area contributed by atoms with E-state index >= 15 is 0 Å². The average Bonchev–Trinajstić information content (AvgIpc) is 3.43. The van der Waals surface area contributed by atoms with Gasteiger partial charge in [0.2, 0.25) is 11.8 Å². The minimum absolute atomic E-state index is 0.00253. The Bertz CT molecular complexity index is 1360. The van der Waals surface area contributed by atoms with E-state index < -0.39 is 12.1 Å². The van der Waals surface area contributed by atoms with Crippen molar-refractivity contribution in [1.29, 1.82) is 0 Å². The molecule has 0 radical (unpaired) electrons. The van der Waals surface area contributed by atoms with Crippen molar-refractivity contribution in [3.63, 3.8) is 0 Å². The Kier molecular flexibility index (Phi) is 9.95. The molecule has 2 aromatic rings. The highest BCUT2D eigenvalue weighted by atomic mass is 16.5. The fraction of sp³-hybridized carbons (Fsp3) is 0.516. The number of carbonyl (C=O) groups excluding carboxylic acids is 4. The number of amides is 5. The van der Waals surface area contributed by atoms with Crippen LogP contribution in [0.2, 0.25) is 0 Å². The van der Waals surface area contributed by atoms with Gasteiger partial charge in [0, 0.05) is 66.0 Å². The van der Waals surface area contributed by atoms with E-state index in [-0.39, 0.29) is 68.1 Å². The highest BCUT2D eigenvalue weighted by molar-refractivity contribution is 5.96. The number of likely N-dealkylation sites (tertiary alicyclic amines) is 2. The number of hydrogen-bond donors (Lipinski definition) is 1. The van der Waals surface area contributed by atoms with Crippen LogP contribution in [0.3, 0.4) is 0 Å². The van der Waals surface area contributed by atoms with E-state index in [9.17, 15) is 19.2 Å². The van der Waals surface area contributed by atoms with E-state index in [0.717, 1.165) is 5.56 Å². The standard InChI is InChI=1S/C31H40N6O7/c1-34(2)31(41)35-9-7-22(8-10-35)29(39)37-17-26-27(18-37)43-20-21-5-4-6-24(13-21)44-25-14-23(15-32-16-25)30(40)36(11-12-42-3)19-28(38)33-26/h4-6,13-16,22,26-27H,7-12,17-20H2,1-3H3,(H,33,38)/t26-,27-/m0/s1. The van der Waals surface area contributed by atoms with Crippen LogP contribution in [0.4, 0.5) is 4.79 Å². The van der Waals surface area contributed by atoms with Gasteiger partial charge < -0.3 is 39.1 Å². The monoisotopic (exact) mass is 608 g/mol. The Balaban J connectivity index is 1.34. The first-order valence-corrected chi connectivity index (χ1v) is 14.9. The largest absolute Gasteiger partial charge is 0.456 e. The fourth-order valence-electron chi connectivity index (χ4n) is 5.81. The van der Waals surface area contributed by atoms with E-state index in [2.05, 4.69) is 10.3 Å². The fourth-order valence-corrected chi connectivity index (χ4v) is 5.81. The van der Waals surface area contributed by atoms with Crippen LogP contribution in [0.1, 0.15) is 28.8 Å². The Morgan fingerprint density at radius 2 is 1.86 bits per heavy atom. The maximum atomic E-state index is 13.6. The zero-order chi connectivity index (χ0) is 31.2. The first-order valence-electron chi connectivity index (χ1n) is 14.9. The minimum Gasteiger partial charge on any atom is -0.456 e. The molecule has 5 amide bonds. The molecule has 1 aromatic carbocycles. The van der Waals surface area contributed by atoms with Gasteiger partial charge in [-0.05, 0) is 36.6 Å². The van der Waals surface area contributed by atoms with Crippen LogP contribution in [0, 0.1) is 5.92 Å². The number of nitrogens with one attached hydrogen (secondary N) is 1. The van der Waals surface area contributed by atoms with Crippen molar-refractivity contribution in [2.45, 2.75) is 31.6 Å². The number of urea groups is 1. The summed E-state index contributed by atoms with van der Waals surface area (Å²) in [6.45, 7) is 2.12. The van der Waals surface area contributed by atoms with Gasteiger partial charge in [0.1, 0.15) is 11.5 Å². The average molecular weight is 609 g/mol. The third kappa shape index (κ3) is 7.45. The highest BCUT2D eigenvalue weighted by Gasteiger charge is 2.40. The molecule has 13 nitrogen and oxygen atoms in total. The molecule has 3 aliphatic rings. The number of nitrogens with zero attached hydrogens (tertiary/aromatic N) is 5. The number of rotatable bonds is 4. The Morgan fingerprint density at radius 3 is 2.61 bits per heavy atom. The van der Waals surface area contributed by atoms with Gasteiger partial charge in [-0.15, -0.1) is 0 Å². The predicted octanol–water partition coefficient (Wildman–Crippen LogP) is 1.58. The summed E-state index contributed by atoms with van der Waals surface area (Å²) in [7, 11) is 4.97. The SMILES string of the molecule is COCCN1CC(=O)N[C@H]2CN(C(=O)C3CCN(C(=O)N(C)C)CC3)C[C@@H]2OCc2cccc(c2)Oc2cncc(c2)C1=O. The summed E-state index contributed by atoms with van der Waals surface area (Å²) in [6, 6.07) is 8.49. The van der Waals surface area contributed by atoms with Gasteiger partial charge in [0.05, 0.1) is 43.7 Å². The van der Waals surface area contributed by atoms with Crippen LogP contribution in [0.25, 0.3) is 0 Å². The molecule has 0 spiro atoms. The Labute approximate surface area is 257 Å². The van der Waals surface area contributed by atoms with Crippen LogP contribution in [0.5, 0.6) is 11.5 Å². The zero-order valence-electron chi connectivity index (χ0n) is 25.4. The van der Waals surface area contributed by atoms with Crippen molar-refractivity contribution in [1.82, 2.24) is 29.9 Å². The van der Waals surface area contributed by atoms with Crippen molar-refractivity contribution in [2.24, 2.45) is 5.92 Å². The number of carbonyl (C=O) groups is 4. The highest BCUT2D eigenvalue weighted by Crippen LogP contribution is 2.26. The normalized spacial score (nSPS) is 21.4. The summed E-state index contributed by atoms with van der Waals surface area (Å²) < 4.78 is 17.5. The quantitative estimate of drug-likeness (QED) is 0.553. The zero-order valence-corrected chi connectivity index (χ0v) is 25.4. The summed E-state index contributed by atoms with van der Waals surface area (Å²) in [6.07, 6.45) is 3.66. The summed E-state index contributed by atoms with van der Waals surface area (Å²) in [5, 5.41) is 3.03. The minimum atomic E-state index is -0.474. The number of fused-ring (bicyclic) bond motifs is 5. The second-order valence-corrected chi connectivity index (χ2v) is 11.6. The van der Waals surface area contributed by atoms with Gasteiger partial charge in [-0.2, -0.15) is 0 Å². The van der Waals surface area contributed by atoms with Crippen LogP contribution in [0.15, 0.2) is 42.7 Å². The third-order valence-corrected chi connectivity index (χ3v) is 8.17. The van der Waals surface area contributed by atoms with Gasteiger partial charge in [-0.1, -0.05) is 12.1 Å². The van der Waals surface area contributed by atoms with Crippen molar-refractivity contribution < 1.29 is 33.4 Å². The molecule has 0 aliphatic carbocycles. The number of piperidine rings is 1. The second-order valence-electron chi connectivity index (χ2n) is 11.6. The lowest BCUT2D eigenvalue weighted by Gasteiger charge is -2.34. The third-order valence-electron chi connectivity index (χ3n) is 8.17. The Hall–Kier alpha value is -4.23. The lowest BCUT2D eigenvalue weighted by molar-refractivity contribution is -0.136. The maximum Gasteiger partial charge on any atom is 0.319 e. The van der Waals surface area contributed by atoms with Gasteiger partial charge in [0.25, 0.3) is 5.91 Å². The molecule has 1 N–H and O–H groups in total. The smallest absolute Gasteiger partial charge is 0.319 e. The molecule has 2 atom stereocenters. The molecule has 5 rings (SSSR count).